The van der Waals surface area contributed by atoms with E-state index in [1.54, 1.807) is 6.07 Å². The summed E-state index contributed by atoms with van der Waals surface area (Å²) in [5, 5.41) is 3.73. The average molecular weight is 276 g/mol. The third kappa shape index (κ3) is 3.07. The van der Waals surface area contributed by atoms with E-state index in [4.69, 9.17) is 11.6 Å². The van der Waals surface area contributed by atoms with Gasteiger partial charge in [0.1, 0.15) is 5.82 Å². The molecule has 0 bridgehead atoms. The van der Waals surface area contributed by atoms with Crippen LogP contribution in [0.15, 0.2) is 42.5 Å². The number of hydrogen-bond acceptors (Lipinski definition) is 1. The average Bonchev–Trinajstić information content (AvgIpc) is 3.25. The Morgan fingerprint density at radius 1 is 1.16 bits per heavy atom. The van der Waals surface area contributed by atoms with Gasteiger partial charge in [-0.05, 0) is 48.1 Å². The van der Waals surface area contributed by atoms with Crippen molar-refractivity contribution in [3.05, 3.63) is 64.4 Å². The molecule has 98 valence electrons. The molecule has 3 rings (SSSR count). The van der Waals surface area contributed by atoms with Crippen LogP contribution in [0.1, 0.15) is 29.9 Å². The fourth-order valence-electron chi connectivity index (χ4n) is 2.20. The predicted molar refractivity (Wildman–Crippen MR) is 77.2 cm³/mol. The van der Waals surface area contributed by atoms with E-state index in [1.807, 2.05) is 0 Å². The maximum atomic E-state index is 13.2. The first-order valence-electron chi connectivity index (χ1n) is 6.50. The first-order valence-corrected chi connectivity index (χ1v) is 6.88. The topological polar surface area (TPSA) is 12.0 Å². The lowest BCUT2D eigenvalue weighted by molar-refractivity contribution is 0.628. The predicted octanol–water partition coefficient (Wildman–Crippen LogP) is 4.97. The van der Waals surface area contributed by atoms with Crippen LogP contribution in [0, 0.1) is 5.82 Å². The zero-order chi connectivity index (χ0) is 13.2. The van der Waals surface area contributed by atoms with Gasteiger partial charge in [-0.15, -0.1) is 0 Å². The Morgan fingerprint density at radius 2 is 2.00 bits per heavy atom. The van der Waals surface area contributed by atoms with Crippen LogP contribution >= 0.6 is 11.6 Å². The number of hydrogen-bond donors (Lipinski definition) is 1. The summed E-state index contributed by atoms with van der Waals surface area (Å²) in [6, 6.07) is 12.9. The van der Waals surface area contributed by atoms with Gasteiger partial charge >= 0.3 is 0 Å². The summed E-state index contributed by atoms with van der Waals surface area (Å²) < 4.78 is 13.2. The number of nitrogens with one attached hydrogen (secondary N) is 1. The van der Waals surface area contributed by atoms with E-state index in [0.717, 1.165) is 5.92 Å². The van der Waals surface area contributed by atoms with Crippen LogP contribution in [0.2, 0.25) is 5.02 Å². The monoisotopic (exact) mass is 275 g/mol. The lowest BCUT2D eigenvalue weighted by atomic mass is 10.1. The van der Waals surface area contributed by atoms with Crippen molar-refractivity contribution in [2.24, 2.45) is 0 Å². The third-order valence-corrected chi connectivity index (χ3v) is 3.74. The highest BCUT2D eigenvalue weighted by molar-refractivity contribution is 6.33. The molecular formula is C16H15ClFN. The lowest BCUT2D eigenvalue weighted by Crippen LogP contribution is -2.00. The van der Waals surface area contributed by atoms with E-state index in [9.17, 15) is 4.39 Å². The highest BCUT2D eigenvalue weighted by Gasteiger charge is 2.23. The highest BCUT2D eigenvalue weighted by Crippen LogP contribution is 2.40. The summed E-state index contributed by atoms with van der Waals surface area (Å²) in [5.41, 5.74) is 3.24. The molecule has 2 aromatic rings. The van der Waals surface area contributed by atoms with Gasteiger partial charge in [-0.2, -0.15) is 0 Å². The summed E-state index contributed by atoms with van der Waals surface area (Å²) in [5.74, 6) is 0.469. The number of rotatable bonds is 4. The minimum atomic E-state index is -0.279. The van der Waals surface area contributed by atoms with Crippen LogP contribution in [0.4, 0.5) is 10.1 Å². The molecule has 0 saturated heterocycles. The van der Waals surface area contributed by atoms with Gasteiger partial charge in [0.2, 0.25) is 0 Å². The molecule has 0 heterocycles. The van der Waals surface area contributed by atoms with E-state index in [0.29, 0.717) is 17.3 Å². The molecule has 0 amide bonds. The van der Waals surface area contributed by atoms with Crippen molar-refractivity contribution < 1.29 is 4.39 Å². The largest absolute Gasteiger partial charge is 0.380 e. The molecule has 0 unspecified atom stereocenters. The molecule has 19 heavy (non-hydrogen) atoms. The zero-order valence-corrected chi connectivity index (χ0v) is 11.3. The van der Waals surface area contributed by atoms with Gasteiger partial charge in [-0.3, -0.25) is 0 Å². The molecule has 1 aliphatic carbocycles. The molecule has 0 atom stereocenters. The Bertz CT molecular complexity index is 593. The van der Waals surface area contributed by atoms with Crippen LogP contribution in [-0.2, 0) is 6.54 Å². The Kier molecular flexibility index (Phi) is 3.43. The molecule has 1 saturated carbocycles. The molecule has 1 aliphatic rings. The molecule has 1 nitrogen and oxygen atoms in total. The van der Waals surface area contributed by atoms with Crippen LogP contribution in [0.3, 0.4) is 0 Å². The summed E-state index contributed by atoms with van der Waals surface area (Å²) in [7, 11) is 0. The first kappa shape index (κ1) is 12.5. The maximum Gasteiger partial charge on any atom is 0.125 e. The molecule has 0 spiro atoms. The molecule has 3 heteroatoms. The molecule has 1 N–H and O–H groups in total. The van der Waals surface area contributed by atoms with Gasteiger partial charge < -0.3 is 5.32 Å². The summed E-state index contributed by atoms with van der Waals surface area (Å²) >= 11 is 6.03. The maximum absolute atomic E-state index is 13.2. The third-order valence-electron chi connectivity index (χ3n) is 3.41. The minimum Gasteiger partial charge on any atom is -0.380 e. The fraction of sp³-hybridized carbons (Fsp3) is 0.250. The molecule has 1 fully saturated rings. The molecule has 0 aliphatic heterocycles. The highest BCUT2D eigenvalue weighted by atomic mass is 35.5. The molecular weight excluding hydrogens is 261 g/mol. The van der Waals surface area contributed by atoms with Crippen molar-refractivity contribution in [1.82, 2.24) is 0 Å². The standard InChI is InChI=1S/C16H15ClFN/c17-15-7-6-14(18)9-16(15)19-10-11-2-1-3-13(8-11)12-4-5-12/h1-3,6-9,12,19H,4-5,10H2. The van der Waals surface area contributed by atoms with E-state index in [1.165, 1.54) is 36.1 Å². The van der Waals surface area contributed by atoms with Gasteiger partial charge in [0.25, 0.3) is 0 Å². The summed E-state index contributed by atoms with van der Waals surface area (Å²) in [4.78, 5) is 0. The van der Waals surface area contributed by atoms with E-state index in [-0.39, 0.29) is 5.82 Å². The second-order valence-electron chi connectivity index (χ2n) is 5.00. The van der Waals surface area contributed by atoms with Gasteiger partial charge in [0, 0.05) is 6.54 Å². The van der Waals surface area contributed by atoms with E-state index in [2.05, 4.69) is 29.6 Å². The molecule has 0 radical (unpaired) electrons. The second-order valence-corrected chi connectivity index (χ2v) is 5.40. The van der Waals surface area contributed by atoms with Crippen molar-refractivity contribution in [3.8, 4) is 0 Å². The van der Waals surface area contributed by atoms with Crippen molar-refractivity contribution in [2.75, 3.05) is 5.32 Å². The Morgan fingerprint density at radius 3 is 2.79 bits per heavy atom. The van der Waals surface area contributed by atoms with Crippen molar-refractivity contribution in [1.29, 1.82) is 0 Å². The van der Waals surface area contributed by atoms with E-state index >= 15 is 0 Å². The molecule has 0 aromatic heterocycles. The quantitative estimate of drug-likeness (QED) is 0.831. The van der Waals surface area contributed by atoms with Gasteiger partial charge in [0.05, 0.1) is 10.7 Å². The smallest absolute Gasteiger partial charge is 0.125 e. The van der Waals surface area contributed by atoms with Crippen molar-refractivity contribution in [2.45, 2.75) is 25.3 Å². The fourth-order valence-corrected chi connectivity index (χ4v) is 2.39. The van der Waals surface area contributed by atoms with Crippen LogP contribution < -0.4 is 5.32 Å². The van der Waals surface area contributed by atoms with Gasteiger partial charge in [-0.1, -0.05) is 35.9 Å². The normalized spacial score (nSPS) is 14.4. The first-order chi connectivity index (χ1) is 9.22. The number of halogens is 2. The second kappa shape index (κ2) is 5.22. The SMILES string of the molecule is Fc1ccc(Cl)c(NCc2cccc(C3CC3)c2)c1. The summed E-state index contributed by atoms with van der Waals surface area (Å²) in [6.45, 7) is 0.656. The van der Waals surface area contributed by atoms with Crippen molar-refractivity contribution in [3.63, 3.8) is 0 Å². The lowest BCUT2D eigenvalue weighted by Gasteiger charge is -2.09. The van der Waals surface area contributed by atoms with Crippen molar-refractivity contribution >= 4 is 17.3 Å². The van der Waals surface area contributed by atoms with Crippen LogP contribution in [0.5, 0.6) is 0 Å². The minimum absolute atomic E-state index is 0.279. The Balaban J connectivity index is 1.71. The Hall–Kier alpha value is -1.54. The number of benzene rings is 2. The van der Waals surface area contributed by atoms with Crippen LogP contribution in [-0.4, -0.2) is 0 Å². The van der Waals surface area contributed by atoms with E-state index < -0.39 is 0 Å². The number of anilines is 1. The van der Waals surface area contributed by atoms with Crippen LogP contribution in [0.25, 0.3) is 0 Å². The Labute approximate surface area is 117 Å². The zero-order valence-electron chi connectivity index (χ0n) is 10.5. The summed E-state index contributed by atoms with van der Waals surface area (Å²) in [6.07, 6.45) is 2.60. The van der Waals surface area contributed by atoms with Gasteiger partial charge in [0.15, 0.2) is 0 Å². The van der Waals surface area contributed by atoms with Gasteiger partial charge in [-0.25, -0.2) is 4.39 Å². The molecule has 2 aromatic carbocycles.